The predicted octanol–water partition coefficient (Wildman–Crippen LogP) is 4.88. The van der Waals surface area contributed by atoms with Crippen LogP contribution >= 0.6 is 24.0 Å². The second-order valence-corrected chi connectivity index (χ2v) is 8.54. The highest BCUT2D eigenvalue weighted by Gasteiger charge is 2.31. The highest BCUT2D eigenvalue weighted by Crippen LogP contribution is 2.34. The number of rotatable bonds is 6. The Bertz CT molecular complexity index is 1180. The summed E-state index contributed by atoms with van der Waals surface area (Å²) in [5, 5.41) is 11.1. The number of carboxylic acid groups (broad SMARTS) is 1. The quantitative estimate of drug-likeness (QED) is 0.451. The number of amides is 1. The Balaban J connectivity index is 1.66. The minimum Gasteiger partial charge on any atom is -0.481 e. The van der Waals surface area contributed by atoms with E-state index in [9.17, 15) is 9.59 Å². The van der Waals surface area contributed by atoms with Crippen LogP contribution in [0.25, 0.3) is 27.9 Å². The van der Waals surface area contributed by atoms with Gasteiger partial charge >= 0.3 is 5.97 Å². The smallest absolute Gasteiger partial charge is 0.303 e. The fourth-order valence-electron chi connectivity index (χ4n) is 3.73. The summed E-state index contributed by atoms with van der Waals surface area (Å²) in [5.41, 5.74) is 3.32. The number of hydrogen-bond donors (Lipinski definition) is 1. The predicted molar refractivity (Wildman–Crippen MR) is 122 cm³/mol. The lowest BCUT2D eigenvalue weighted by Crippen LogP contribution is -2.29. The van der Waals surface area contributed by atoms with Crippen LogP contribution < -0.4 is 0 Å². The molecule has 4 rings (SSSR count). The number of aliphatic carboxylic acids is 1. The van der Waals surface area contributed by atoms with Crippen molar-refractivity contribution in [2.45, 2.75) is 26.3 Å². The lowest BCUT2D eigenvalue weighted by atomic mass is 10.1. The van der Waals surface area contributed by atoms with Gasteiger partial charge in [0.15, 0.2) is 0 Å². The van der Waals surface area contributed by atoms with Gasteiger partial charge in [0.2, 0.25) is 0 Å². The summed E-state index contributed by atoms with van der Waals surface area (Å²) in [6, 6.07) is 14.6. The molecule has 1 saturated heterocycles. The molecule has 1 amide bonds. The van der Waals surface area contributed by atoms with Crippen LogP contribution in [0.4, 0.5) is 0 Å². The molecule has 1 N–H and O–H groups in total. The summed E-state index contributed by atoms with van der Waals surface area (Å²) in [6.45, 7) is 3.35. The summed E-state index contributed by atoms with van der Waals surface area (Å²) in [7, 11) is 0. The summed E-state index contributed by atoms with van der Waals surface area (Å²) >= 11 is 6.60. The minimum absolute atomic E-state index is 0.0221. The number of carboxylic acids is 1. The van der Waals surface area contributed by atoms with Crippen LogP contribution in [0.15, 0.2) is 47.4 Å². The number of benzene rings is 2. The minimum atomic E-state index is -0.870. The van der Waals surface area contributed by atoms with Crippen molar-refractivity contribution in [2.24, 2.45) is 0 Å². The zero-order chi connectivity index (χ0) is 20.5. The molecule has 0 saturated carbocycles. The van der Waals surface area contributed by atoms with Crippen molar-refractivity contribution >= 4 is 68.1 Å². The zero-order valence-corrected chi connectivity index (χ0v) is 17.6. The first kappa shape index (κ1) is 19.7. The van der Waals surface area contributed by atoms with E-state index >= 15 is 0 Å². The van der Waals surface area contributed by atoms with E-state index in [-0.39, 0.29) is 12.3 Å². The molecule has 0 unspecified atom stereocenters. The van der Waals surface area contributed by atoms with E-state index in [4.69, 9.17) is 17.3 Å². The van der Waals surface area contributed by atoms with Gasteiger partial charge in [0.25, 0.3) is 5.91 Å². The third kappa shape index (κ3) is 3.68. The Morgan fingerprint density at radius 1 is 1.17 bits per heavy atom. The molecule has 0 bridgehead atoms. The van der Waals surface area contributed by atoms with Gasteiger partial charge in [-0.1, -0.05) is 48.2 Å². The molecule has 29 heavy (non-hydrogen) atoms. The SMILES string of the molecule is CCn1c2ccccc2c2cc(C=C3SC(=S)N(CCCC(=O)O)C3=O)ccc21. The number of hydrogen-bond acceptors (Lipinski definition) is 4. The molecule has 0 aliphatic carbocycles. The van der Waals surface area contributed by atoms with Gasteiger partial charge in [0, 0.05) is 41.3 Å². The van der Waals surface area contributed by atoms with E-state index in [1.807, 2.05) is 24.3 Å². The van der Waals surface area contributed by atoms with E-state index in [2.05, 4.69) is 35.8 Å². The van der Waals surface area contributed by atoms with Crippen molar-refractivity contribution in [3.63, 3.8) is 0 Å². The molecule has 2 heterocycles. The molecule has 1 aromatic heterocycles. The van der Waals surface area contributed by atoms with E-state index < -0.39 is 5.97 Å². The Morgan fingerprint density at radius 3 is 2.69 bits per heavy atom. The number of carbonyl (C=O) groups is 2. The molecule has 0 spiro atoms. The summed E-state index contributed by atoms with van der Waals surface area (Å²) in [4.78, 5) is 25.5. The van der Waals surface area contributed by atoms with Crippen molar-refractivity contribution < 1.29 is 14.7 Å². The van der Waals surface area contributed by atoms with Crippen molar-refractivity contribution in [1.29, 1.82) is 0 Å². The highest BCUT2D eigenvalue weighted by molar-refractivity contribution is 8.26. The lowest BCUT2D eigenvalue weighted by Gasteiger charge is -2.13. The maximum Gasteiger partial charge on any atom is 0.303 e. The van der Waals surface area contributed by atoms with Crippen molar-refractivity contribution in [3.8, 4) is 0 Å². The van der Waals surface area contributed by atoms with Crippen molar-refractivity contribution in [1.82, 2.24) is 9.47 Å². The van der Waals surface area contributed by atoms with Crippen LogP contribution in [-0.2, 0) is 16.1 Å². The van der Waals surface area contributed by atoms with E-state index in [1.165, 1.54) is 33.1 Å². The molecule has 7 heteroatoms. The van der Waals surface area contributed by atoms with Gasteiger partial charge < -0.3 is 9.67 Å². The summed E-state index contributed by atoms with van der Waals surface area (Å²) < 4.78 is 2.77. The third-order valence-electron chi connectivity index (χ3n) is 5.06. The van der Waals surface area contributed by atoms with E-state index in [0.717, 1.165) is 17.5 Å². The van der Waals surface area contributed by atoms with Gasteiger partial charge in [-0.15, -0.1) is 0 Å². The normalized spacial score (nSPS) is 15.9. The number of para-hydroxylation sites is 1. The molecule has 5 nitrogen and oxygen atoms in total. The first-order chi connectivity index (χ1) is 14.0. The van der Waals surface area contributed by atoms with Crippen LogP contribution in [0, 0.1) is 0 Å². The molecule has 3 aromatic rings. The second-order valence-electron chi connectivity index (χ2n) is 6.87. The topological polar surface area (TPSA) is 62.5 Å². The van der Waals surface area contributed by atoms with Gasteiger partial charge in [0.1, 0.15) is 4.32 Å². The van der Waals surface area contributed by atoms with Gasteiger partial charge in [-0.25, -0.2) is 0 Å². The number of thiocarbonyl (C=S) groups is 1. The molecule has 2 aromatic carbocycles. The summed E-state index contributed by atoms with van der Waals surface area (Å²) in [6.07, 6.45) is 2.28. The maximum atomic E-state index is 12.7. The number of nitrogens with zero attached hydrogens (tertiary/aromatic N) is 2. The largest absolute Gasteiger partial charge is 0.481 e. The highest BCUT2D eigenvalue weighted by atomic mass is 32.2. The average Bonchev–Trinajstić information content (AvgIpc) is 3.16. The summed E-state index contributed by atoms with van der Waals surface area (Å²) in [5.74, 6) is -1.02. The number of aryl methyl sites for hydroxylation is 1. The third-order valence-corrected chi connectivity index (χ3v) is 6.43. The first-order valence-corrected chi connectivity index (χ1v) is 10.7. The lowest BCUT2D eigenvalue weighted by molar-refractivity contribution is -0.137. The fraction of sp³-hybridized carbons (Fsp3) is 0.227. The van der Waals surface area contributed by atoms with Crippen LogP contribution in [0.1, 0.15) is 25.3 Å². The monoisotopic (exact) mass is 424 g/mol. The Kier molecular flexibility index (Phi) is 5.43. The molecule has 148 valence electrons. The molecular weight excluding hydrogens is 404 g/mol. The fourth-order valence-corrected chi connectivity index (χ4v) is 5.04. The molecule has 0 atom stereocenters. The number of fused-ring (bicyclic) bond motifs is 3. The molecule has 1 aliphatic rings. The number of carbonyl (C=O) groups excluding carboxylic acids is 1. The van der Waals surface area contributed by atoms with Gasteiger partial charge in [-0.2, -0.15) is 0 Å². The van der Waals surface area contributed by atoms with Gasteiger partial charge in [-0.05, 0) is 43.2 Å². The Morgan fingerprint density at radius 2 is 1.93 bits per heavy atom. The standard InChI is InChI=1S/C22H20N2O3S2/c1-2-23-17-7-4-3-6-15(17)16-12-14(9-10-18(16)23)13-19-21(27)24(22(28)29-19)11-5-8-20(25)26/h3-4,6-7,9-10,12-13H,2,5,8,11H2,1H3,(H,25,26). The Labute approximate surface area is 178 Å². The van der Waals surface area contributed by atoms with Crippen LogP contribution in [0.5, 0.6) is 0 Å². The van der Waals surface area contributed by atoms with Crippen molar-refractivity contribution in [3.05, 3.63) is 52.9 Å². The number of aromatic nitrogens is 1. The second kappa shape index (κ2) is 8.00. The van der Waals surface area contributed by atoms with E-state index in [0.29, 0.717) is 22.2 Å². The maximum absolute atomic E-state index is 12.7. The van der Waals surface area contributed by atoms with Gasteiger partial charge in [-0.3, -0.25) is 14.5 Å². The van der Waals surface area contributed by atoms with Crippen LogP contribution in [0.2, 0.25) is 0 Å². The molecular formula is C22H20N2O3S2. The van der Waals surface area contributed by atoms with Crippen LogP contribution in [0.3, 0.4) is 0 Å². The van der Waals surface area contributed by atoms with Crippen LogP contribution in [-0.4, -0.2) is 37.3 Å². The van der Waals surface area contributed by atoms with E-state index in [1.54, 1.807) is 0 Å². The molecule has 1 fully saturated rings. The first-order valence-electron chi connectivity index (χ1n) is 9.47. The average molecular weight is 425 g/mol. The molecule has 1 aliphatic heterocycles. The van der Waals surface area contributed by atoms with Gasteiger partial charge in [0.05, 0.1) is 4.91 Å². The van der Waals surface area contributed by atoms with Crippen molar-refractivity contribution in [2.75, 3.05) is 6.54 Å². The number of thioether (sulfide) groups is 1. The zero-order valence-electron chi connectivity index (χ0n) is 15.9. The molecule has 0 radical (unpaired) electrons. The Hall–Kier alpha value is -2.64.